The van der Waals surface area contributed by atoms with E-state index in [0.717, 1.165) is 16.0 Å². The fourth-order valence-corrected chi connectivity index (χ4v) is 4.54. The number of aryl methyl sites for hydroxylation is 1. The van der Waals surface area contributed by atoms with E-state index in [9.17, 15) is 14.9 Å². The summed E-state index contributed by atoms with van der Waals surface area (Å²) in [5.41, 5.74) is 4.24. The summed E-state index contributed by atoms with van der Waals surface area (Å²) in [6, 6.07) is 14.2. The second kappa shape index (κ2) is 9.76. The van der Waals surface area contributed by atoms with Gasteiger partial charge < -0.3 is 10.3 Å². The second-order valence-electron chi connectivity index (χ2n) is 8.01. The van der Waals surface area contributed by atoms with Gasteiger partial charge in [0.25, 0.3) is 5.56 Å². The van der Waals surface area contributed by atoms with Gasteiger partial charge in [0.1, 0.15) is 11.6 Å². The number of rotatable bonds is 7. The molecule has 0 saturated carbocycles. The van der Waals surface area contributed by atoms with Gasteiger partial charge in [0.2, 0.25) is 5.91 Å². The molecule has 0 aliphatic rings. The molecule has 0 aliphatic carbocycles. The first-order chi connectivity index (χ1) is 14.8. The number of thiophene rings is 1. The molecular formula is C25H27N3O2S. The van der Waals surface area contributed by atoms with Gasteiger partial charge in [0, 0.05) is 17.0 Å². The number of hydrogen-bond donors (Lipinski definition) is 2. The molecule has 0 bridgehead atoms. The minimum atomic E-state index is -0.381. The zero-order valence-corrected chi connectivity index (χ0v) is 19.1. The van der Waals surface area contributed by atoms with Crippen LogP contribution in [-0.4, -0.2) is 10.9 Å². The Morgan fingerprint density at radius 1 is 1.16 bits per heavy atom. The number of benzene rings is 1. The zero-order valence-electron chi connectivity index (χ0n) is 18.3. The Labute approximate surface area is 186 Å². The van der Waals surface area contributed by atoms with Crippen molar-refractivity contribution in [3.63, 3.8) is 0 Å². The van der Waals surface area contributed by atoms with E-state index in [2.05, 4.69) is 48.4 Å². The number of H-pyrrole nitrogens is 1. The Bertz CT molecular complexity index is 1150. The van der Waals surface area contributed by atoms with Gasteiger partial charge >= 0.3 is 0 Å². The molecule has 5 nitrogen and oxygen atoms in total. The van der Waals surface area contributed by atoms with Crippen molar-refractivity contribution in [1.82, 2.24) is 10.3 Å². The topological polar surface area (TPSA) is 85.8 Å². The van der Waals surface area contributed by atoms with E-state index in [4.69, 9.17) is 0 Å². The van der Waals surface area contributed by atoms with Crippen molar-refractivity contribution in [1.29, 1.82) is 5.26 Å². The number of aromatic amines is 1. The van der Waals surface area contributed by atoms with Crippen LogP contribution in [0.5, 0.6) is 0 Å². The normalized spacial score (nSPS) is 11.9. The van der Waals surface area contributed by atoms with E-state index < -0.39 is 0 Å². The largest absolute Gasteiger partial charge is 0.344 e. The van der Waals surface area contributed by atoms with Crippen LogP contribution < -0.4 is 10.9 Å². The number of carbonyl (C=O) groups is 1. The van der Waals surface area contributed by atoms with E-state index >= 15 is 0 Å². The third-order valence-electron chi connectivity index (χ3n) is 5.59. The minimum Gasteiger partial charge on any atom is -0.344 e. The molecule has 1 amide bonds. The summed E-state index contributed by atoms with van der Waals surface area (Å²) in [7, 11) is 0. The van der Waals surface area contributed by atoms with Gasteiger partial charge in [-0.15, -0.1) is 11.3 Å². The van der Waals surface area contributed by atoms with Crippen LogP contribution in [0.2, 0.25) is 0 Å². The molecule has 0 spiro atoms. The predicted octanol–water partition coefficient (Wildman–Crippen LogP) is 4.89. The van der Waals surface area contributed by atoms with Gasteiger partial charge in [-0.1, -0.05) is 44.2 Å². The zero-order chi connectivity index (χ0) is 22.5. The summed E-state index contributed by atoms with van der Waals surface area (Å²) in [4.78, 5) is 28.6. The van der Waals surface area contributed by atoms with Gasteiger partial charge in [0.15, 0.2) is 0 Å². The van der Waals surface area contributed by atoms with Crippen LogP contribution in [0.15, 0.2) is 46.6 Å². The lowest BCUT2D eigenvalue weighted by molar-refractivity contribution is -0.121. The first kappa shape index (κ1) is 22.5. The van der Waals surface area contributed by atoms with Crippen LogP contribution >= 0.6 is 11.3 Å². The highest BCUT2D eigenvalue weighted by molar-refractivity contribution is 7.10. The summed E-state index contributed by atoms with van der Waals surface area (Å²) in [6.45, 7) is 7.88. The third kappa shape index (κ3) is 5.12. The minimum absolute atomic E-state index is 0.0742. The highest BCUT2D eigenvalue weighted by atomic mass is 32.1. The smallest absolute Gasteiger partial charge is 0.266 e. The maximum Gasteiger partial charge on any atom is 0.266 e. The molecule has 0 saturated heterocycles. The van der Waals surface area contributed by atoms with Crippen molar-refractivity contribution in [2.45, 2.75) is 52.5 Å². The van der Waals surface area contributed by atoms with Gasteiger partial charge in [-0.25, -0.2) is 0 Å². The predicted molar refractivity (Wildman–Crippen MR) is 124 cm³/mol. The van der Waals surface area contributed by atoms with E-state index in [1.54, 1.807) is 25.2 Å². The van der Waals surface area contributed by atoms with Crippen molar-refractivity contribution in [3.8, 4) is 6.07 Å². The molecule has 3 rings (SSSR count). The van der Waals surface area contributed by atoms with E-state index in [0.29, 0.717) is 23.6 Å². The highest BCUT2D eigenvalue weighted by Gasteiger charge is 2.19. The fourth-order valence-electron chi connectivity index (χ4n) is 3.74. The lowest BCUT2D eigenvalue weighted by Gasteiger charge is -2.19. The van der Waals surface area contributed by atoms with Crippen LogP contribution in [0.25, 0.3) is 0 Å². The van der Waals surface area contributed by atoms with Crippen LogP contribution in [0.1, 0.15) is 70.6 Å². The highest BCUT2D eigenvalue weighted by Crippen LogP contribution is 2.28. The second-order valence-corrected chi connectivity index (χ2v) is 8.99. The number of hydrogen-bond acceptors (Lipinski definition) is 4. The Kier molecular flexibility index (Phi) is 7.09. The molecule has 160 valence electrons. The molecule has 1 unspecified atom stereocenters. The first-order valence-electron chi connectivity index (χ1n) is 10.4. The van der Waals surface area contributed by atoms with E-state index in [-0.39, 0.29) is 29.5 Å². The molecule has 2 N–H and O–H groups in total. The van der Waals surface area contributed by atoms with Crippen molar-refractivity contribution in [2.75, 3.05) is 0 Å². The maximum atomic E-state index is 12.9. The Morgan fingerprint density at radius 3 is 2.42 bits per heavy atom. The number of nitrogens with zero attached hydrogens (tertiary/aromatic N) is 1. The fraction of sp³-hybridized carbons (Fsp3) is 0.320. The molecule has 0 aliphatic heterocycles. The molecule has 1 aromatic carbocycles. The summed E-state index contributed by atoms with van der Waals surface area (Å²) >= 11 is 1.61. The van der Waals surface area contributed by atoms with Crippen LogP contribution in [0.3, 0.4) is 0 Å². The molecule has 0 radical (unpaired) electrons. The third-order valence-corrected chi connectivity index (χ3v) is 6.53. The quantitative estimate of drug-likeness (QED) is 0.556. The number of nitriles is 1. The Morgan fingerprint density at radius 2 is 1.84 bits per heavy atom. The standard InChI is InChI=1S/C25H27N3O2S/c1-15(2)18-7-9-19(10-8-18)24(22-6-5-13-31-22)28-23(29)12-11-20-16(3)21(14-26)25(30)27-17(20)4/h5-10,13,15,24H,11-12H2,1-4H3,(H,27,30)(H,28,29). The van der Waals surface area contributed by atoms with Gasteiger partial charge in [-0.2, -0.15) is 5.26 Å². The molecular weight excluding hydrogens is 406 g/mol. The van der Waals surface area contributed by atoms with Gasteiger partial charge in [0.05, 0.1) is 6.04 Å². The molecule has 2 aromatic heterocycles. The first-order valence-corrected chi connectivity index (χ1v) is 11.2. The van der Waals surface area contributed by atoms with Crippen molar-refractivity contribution < 1.29 is 4.79 Å². The number of pyridine rings is 1. The summed E-state index contributed by atoms with van der Waals surface area (Å²) in [5, 5.41) is 14.4. The van der Waals surface area contributed by atoms with Crippen molar-refractivity contribution in [3.05, 3.63) is 90.5 Å². The SMILES string of the molecule is Cc1[nH]c(=O)c(C#N)c(C)c1CCC(=O)NC(c1ccc(C(C)C)cc1)c1cccs1. The van der Waals surface area contributed by atoms with Crippen LogP contribution in [0, 0.1) is 25.2 Å². The Balaban J connectivity index is 1.78. The van der Waals surface area contributed by atoms with E-state index in [1.807, 2.05) is 23.6 Å². The Hall–Kier alpha value is -3.17. The monoisotopic (exact) mass is 433 g/mol. The average Bonchev–Trinajstić information content (AvgIpc) is 3.26. The molecule has 1 atom stereocenters. The lowest BCUT2D eigenvalue weighted by atomic mass is 9.97. The summed E-state index contributed by atoms with van der Waals surface area (Å²) in [5.74, 6) is 0.376. The molecule has 0 fully saturated rings. The van der Waals surface area contributed by atoms with Gasteiger partial charge in [-0.3, -0.25) is 9.59 Å². The number of amides is 1. The molecule has 6 heteroatoms. The van der Waals surface area contributed by atoms with E-state index in [1.165, 1.54) is 5.56 Å². The molecule has 3 aromatic rings. The maximum absolute atomic E-state index is 12.9. The van der Waals surface area contributed by atoms with Gasteiger partial charge in [-0.05, 0) is 59.9 Å². The van der Waals surface area contributed by atoms with Crippen molar-refractivity contribution >= 4 is 17.2 Å². The summed E-state index contributed by atoms with van der Waals surface area (Å²) < 4.78 is 0. The number of carbonyl (C=O) groups excluding carboxylic acids is 1. The number of nitrogens with one attached hydrogen (secondary N) is 2. The lowest BCUT2D eigenvalue weighted by Crippen LogP contribution is -2.29. The van der Waals surface area contributed by atoms with Crippen LogP contribution in [0.4, 0.5) is 0 Å². The molecule has 2 heterocycles. The van der Waals surface area contributed by atoms with Crippen molar-refractivity contribution in [2.24, 2.45) is 0 Å². The van der Waals surface area contributed by atoms with Crippen LogP contribution in [-0.2, 0) is 11.2 Å². The average molecular weight is 434 g/mol. The molecule has 31 heavy (non-hydrogen) atoms. The number of aromatic nitrogens is 1. The summed E-state index contributed by atoms with van der Waals surface area (Å²) in [6.07, 6.45) is 0.725.